The lowest BCUT2D eigenvalue weighted by atomic mass is 10.2. The third-order valence-electron chi connectivity index (χ3n) is 2.33. The molecule has 0 saturated heterocycles. The number of carbonyl (C=O) groups excluding carboxylic acids is 1. The van der Waals surface area contributed by atoms with Crippen molar-refractivity contribution in [1.29, 1.82) is 0 Å². The van der Waals surface area contributed by atoms with Crippen molar-refractivity contribution in [3.05, 3.63) is 29.3 Å². The fraction of sp³-hybridized carbons (Fsp3) is 0.100. The smallest absolute Gasteiger partial charge is 0.263 e. The average molecular weight is 314 g/mol. The van der Waals surface area contributed by atoms with Gasteiger partial charge in [-0.2, -0.15) is 0 Å². The Hall–Kier alpha value is -2.20. The van der Waals surface area contributed by atoms with E-state index in [-0.39, 0.29) is 21.3 Å². The second-order valence-electron chi connectivity index (χ2n) is 3.58. The van der Waals surface area contributed by atoms with E-state index in [1.165, 1.54) is 24.8 Å². The first kappa shape index (κ1) is 14.2. The number of sulfonamides is 1. The van der Waals surface area contributed by atoms with Crippen molar-refractivity contribution < 1.29 is 17.9 Å². The summed E-state index contributed by atoms with van der Waals surface area (Å²) in [6.07, 6.45) is 0. The van der Waals surface area contributed by atoms with E-state index in [4.69, 9.17) is 10.5 Å². The number of nitrogens with zero attached hydrogens (tertiary/aromatic N) is 2. The van der Waals surface area contributed by atoms with E-state index < -0.39 is 15.9 Å². The van der Waals surface area contributed by atoms with Crippen molar-refractivity contribution in [2.24, 2.45) is 5.73 Å². The number of aromatic nitrogens is 2. The summed E-state index contributed by atoms with van der Waals surface area (Å²) in [5.74, 6) is -0.581. The lowest BCUT2D eigenvalue weighted by molar-refractivity contribution is 0.0997. The predicted molar refractivity (Wildman–Crippen MR) is 72.2 cm³/mol. The molecule has 0 bridgehead atoms. The van der Waals surface area contributed by atoms with Gasteiger partial charge in [0.05, 0.1) is 17.6 Å². The Bertz CT molecular complexity index is 728. The maximum absolute atomic E-state index is 12.1. The summed E-state index contributed by atoms with van der Waals surface area (Å²) in [5, 5.41) is 7.23. The Morgan fingerprint density at radius 1 is 1.45 bits per heavy atom. The average Bonchev–Trinajstić information content (AvgIpc) is 2.89. The molecule has 1 heterocycles. The Kier molecular flexibility index (Phi) is 3.86. The number of hydrogen-bond donors (Lipinski definition) is 2. The van der Waals surface area contributed by atoms with E-state index >= 15 is 0 Å². The number of primary amides is 1. The number of rotatable bonds is 5. The lowest BCUT2D eigenvalue weighted by Gasteiger charge is -2.09. The molecule has 0 fully saturated rings. The van der Waals surface area contributed by atoms with E-state index in [0.29, 0.717) is 0 Å². The molecule has 1 aromatic carbocycles. The summed E-state index contributed by atoms with van der Waals surface area (Å²) in [6.45, 7) is 0. The third kappa shape index (κ3) is 2.86. The summed E-state index contributed by atoms with van der Waals surface area (Å²) in [5.41, 5.74) is 6.55. The zero-order valence-corrected chi connectivity index (χ0v) is 11.9. The number of amides is 1. The van der Waals surface area contributed by atoms with E-state index in [1.54, 1.807) is 0 Å². The molecule has 1 amide bonds. The summed E-state index contributed by atoms with van der Waals surface area (Å²) in [4.78, 5) is 11.2. The Morgan fingerprint density at radius 3 is 2.75 bits per heavy atom. The molecular formula is C10H10N4O4S2. The second-order valence-corrected chi connectivity index (χ2v) is 6.09. The monoisotopic (exact) mass is 314 g/mol. The molecule has 3 N–H and O–H groups in total. The van der Waals surface area contributed by atoms with E-state index in [9.17, 15) is 13.2 Å². The number of nitrogens with two attached hydrogens (primary N) is 1. The largest absolute Gasteiger partial charge is 0.496 e. The van der Waals surface area contributed by atoms with Gasteiger partial charge in [-0.15, -0.1) is 10.2 Å². The maximum Gasteiger partial charge on any atom is 0.263 e. The Labute approximate surface area is 118 Å². The highest BCUT2D eigenvalue weighted by molar-refractivity contribution is 7.93. The molecule has 8 nitrogen and oxygen atoms in total. The molecule has 0 atom stereocenters. The maximum atomic E-state index is 12.1. The molecule has 0 radical (unpaired) electrons. The predicted octanol–water partition coefficient (Wildman–Crippen LogP) is 0.446. The zero-order chi connectivity index (χ0) is 14.8. The van der Waals surface area contributed by atoms with Crippen LogP contribution in [0.3, 0.4) is 0 Å². The molecule has 2 aromatic rings. The molecule has 2 rings (SSSR count). The Morgan fingerprint density at radius 2 is 2.20 bits per heavy atom. The number of hydrogen-bond acceptors (Lipinski definition) is 7. The third-order valence-corrected chi connectivity index (χ3v) is 4.40. The fourth-order valence-corrected chi connectivity index (χ4v) is 3.16. The normalized spacial score (nSPS) is 11.1. The highest BCUT2D eigenvalue weighted by Crippen LogP contribution is 2.23. The standard InChI is InChI=1S/C10H10N4O4S2/c1-18-8-3-2-6(4-7(8)9(11)15)20(16,17)14-10-13-12-5-19-10/h2-5H,1H3,(H2,11,15)(H,13,14). The number of carbonyl (C=O) groups is 1. The first-order valence-corrected chi connectivity index (χ1v) is 7.57. The van der Waals surface area contributed by atoms with Crippen LogP contribution in [0.25, 0.3) is 0 Å². The van der Waals surface area contributed by atoms with Gasteiger partial charge in [0.2, 0.25) is 5.13 Å². The molecular weight excluding hydrogens is 304 g/mol. The highest BCUT2D eigenvalue weighted by atomic mass is 32.2. The molecule has 0 unspecified atom stereocenters. The van der Waals surface area contributed by atoms with Gasteiger partial charge in [0.1, 0.15) is 11.3 Å². The van der Waals surface area contributed by atoms with Gasteiger partial charge in [-0.3, -0.25) is 9.52 Å². The number of methoxy groups -OCH3 is 1. The highest BCUT2D eigenvalue weighted by Gasteiger charge is 2.19. The summed E-state index contributed by atoms with van der Waals surface area (Å²) in [6, 6.07) is 3.80. The van der Waals surface area contributed by atoms with E-state index in [2.05, 4.69) is 14.9 Å². The zero-order valence-electron chi connectivity index (χ0n) is 10.2. The van der Waals surface area contributed by atoms with E-state index in [0.717, 1.165) is 17.4 Å². The van der Waals surface area contributed by atoms with Gasteiger partial charge in [-0.05, 0) is 18.2 Å². The first-order valence-electron chi connectivity index (χ1n) is 5.21. The SMILES string of the molecule is COc1ccc(S(=O)(=O)Nc2nncs2)cc1C(N)=O. The van der Waals surface area contributed by atoms with Crippen molar-refractivity contribution in [3.8, 4) is 5.75 Å². The van der Waals surface area contributed by atoms with Gasteiger partial charge in [0, 0.05) is 0 Å². The minimum Gasteiger partial charge on any atom is -0.496 e. The number of anilines is 1. The molecule has 0 aliphatic heterocycles. The molecule has 0 saturated carbocycles. The summed E-state index contributed by atoms with van der Waals surface area (Å²) < 4.78 is 31.4. The van der Waals surface area contributed by atoms with Crippen LogP contribution in [0.1, 0.15) is 10.4 Å². The van der Waals surface area contributed by atoms with Crippen LogP contribution < -0.4 is 15.2 Å². The topological polar surface area (TPSA) is 124 Å². The van der Waals surface area contributed by atoms with Crippen LogP contribution in [0.15, 0.2) is 28.6 Å². The van der Waals surface area contributed by atoms with Crippen molar-refractivity contribution in [2.45, 2.75) is 4.90 Å². The van der Waals surface area contributed by atoms with Crippen molar-refractivity contribution in [2.75, 3.05) is 11.8 Å². The minimum atomic E-state index is -3.87. The second kappa shape index (κ2) is 5.43. The molecule has 0 aliphatic carbocycles. The van der Waals surface area contributed by atoms with Gasteiger partial charge < -0.3 is 10.5 Å². The van der Waals surface area contributed by atoms with Crippen molar-refractivity contribution in [1.82, 2.24) is 10.2 Å². The van der Waals surface area contributed by atoms with Crippen LogP contribution in [0.4, 0.5) is 5.13 Å². The Balaban J connectivity index is 2.42. The van der Waals surface area contributed by atoms with E-state index in [1.807, 2.05) is 0 Å². The van der Waals surface area contributed by atoms with Crippen LogP contribution >= 0.6 is 11.3 Å². The van der Waals surface area contributed by atoms with Crippen LogP contribution in [0.2, 0.25) is 0 Å². The van der Waals surface area contributed by atoms with Gasteiger partial charge in [0.25, 0.3) is 15.9 Å². The minimum absolute atomic E-state index is 0.0207. The van der Waals surface area contributed by atoms with Crippen molar-refractivity contribution >= 4 is 32.4 Å². The van der Waals surface area contributed by atoms with Gasteiger partial charge in [0.15, 0.2) is 0 Å². The summed E-state index contributed by atoms with van der Waals surface area (Å²) >= 11 is 1.03. The molecule has 0 spiro atoms. The first-order chi connectivity index (χ1) is 9.44. The molecule has 0 aliphatic rings. The number of ether oxygens (including phenoxy) is 1. The number of nitrogens with one attached hydrogen (secondary N) is 1. The van der Waals surface area contributed by atoms with Crippen LogP contribution in [-0.4, -0.2) is 31.6 Å². The summed E-state index contributed by atoms with van der Waals surface area (Å²) in [7, 11) is -2.51. The molecule has 1 aromatic heterocycles. The molecule has 20 heavy (non-hydrogen) atoms. The van der Waals surface area contributed by atoms with Gasteiger partial charge in [-0.1, -0.05) is 11.3 Å². The molecule has 10 heteroatoms. The van der Waals surface area contributed by atoms with Crippen LogP contribution in [-0.2, 0) is 10.0 Å². The number of benzene rings is 1. The quantitative estimate of drug-likeness (QED) is 0.825. The van der Waals surface area contributed by atoms with Crippen LogP contribution in [0, 0.1) is 0 Å². The molecule has 106 valence electrons. The lowest BCUT2D eigenvalue weighted by Crippen LogP contribution is -2.16. The van der Waals surface area contributed by atoms with Gasteiger partial charge in [-0.25, -0.2) is 8.42 Å². The van der Waals surface area contributed by atoms with Crippen molar-refractivity contribution in [3.63, 3.8) is 0 Å². The van der Waals surface area contributed by atoms with Gasteiger partial charge >= 0.3 is 0 Å². The van der Waals surface area contributed by atoms with Crippen LogP contribution in [0.5, 0.6) is 5.75 Å². The fourth-order valence-electron chi connectivity index (χ4n) is 1.44.